The number of rotatable bonds is 3. The Labute approximate surface area is 93.6 Å². The lowest BCUT2D eigenvalue weighted by atomic mass is 10.2. The van der Waals surface area contributed by atoms with Gasteiger partial charge in [-0.05, 0) is 43.5 Å². The maximum Gasteiger partial charge on any atom is 0.331 e. The molecule has 0 aliphatic heterocycles. The highest BCUT2D eigenvalue weighted by Crippen LogP contribution is 2.40. The summed E-state index contributed by atoms with van der Waals surface area (Å²) in [4.78, 5) is 11.5. The number of esters is 1. The number of methoxy groups -OCH3 is 1. The summed E-state index contributed by atoms with van der Waals surface area (Å²) >= 11 is 0. The van der Waals surface area contributed by atoms with Gasteiger partial charge in [0.05, 0.1) is 7.11 Å². The number of carbonyl (C=O) groups is 1. The first-order valence-electron chi connectivity index (χ1n) is 5.19. The predicted octanol–water partition coefficient (Wildman–Crippen LogP) is 2.25. The number of nitrogens with one attached hydrogen (secondary N) is 1. The van der Waals surface area contributed by atoms with E-state index in [-0.39, 0.29) is 11.8 Å². The molecule has 0 heterocycles. The molecule has 0 bridgehead atoms. The molecule has 1 aliphatic carbocycles. The second-order valence-electron chi connectivity index (χ2n) is 4.22. The predicted molar refractivity (Wildman–Crippen MR) is 58.7 cm³/mol. The molecule has 0 radical (unpaired) electrons. The van der Waals surface area contributed by atoms with E-state index in [4.69, 9.17) is 4.74 Å². The summed E-state index contributed by atoms with van der Waals surface area (Å²) in [6.45, 7) is 1.81. The molecule has 1 aromatic carbocycles. The first-order valence-corrected chi connectivity index (χ1v) is 5.19. The average Bonchev–Trinajstić information content (AvgIpc) is 2.96. The Morgan fingerprint density at radius 2 is 2.12 bits per heavy atom. The summed E-state index contributed by atoms with van der Waals surface area (Å²) in [7, 11) is 1.36. The van der Waals surface area contributed by atoms with Crippen molar-refractivity contribution in [1.29, 1.82) is 0 Å². The van der Waals surface area contributed by atoms with E-state index in [1.807, 2.05) is 13.0 Å². The second-order valence-corrected chi connectivity index (χ2v) is 4.22. The van der Waals surface area contributed by atoms with Crippen LogP contribution >= 0.6 is 0 Å². The van der Waals surface area contributed by atoms with Crippen molar-refractivity contribution in [2.75, 3.05) is 12.4 Å². The molecule has 0 unspecified atom stereocenters. The van der Waals surface area contributed by atoms with Crippen LogP contribution in [0.1, 0.15) is 18.4 Å². The number of hydrogen-bond acceptors (Lipinski definition) is 3. The van der Waals surface area contributed by atoms with Gasteiger partial charge in [-0.25, -0.2) is 9.18 Å². The fourth-order valence-electron chi connectivity index (χ4n) is 1.79. The van der Waals surface area contributed by atoms with Gasteiger partial charge in [-0.15, -0.1) is 0 Å². The summed E-state index contributed by atoms with van der Waals surface area (Å²) < 4.78 is 17.9. The molecule has 0 spiro atoms. The van der Waals surface area contributed by atoms with Gasteiger partial charge in [0.2, 0.25) is 0 Å². The Morgan fingerprint density at radius 3 is 2.62 bits per heavy atom. The van der Waals surface area contributed by atoms with E-state index < -0.39 is 5.54 Å². The van der Waals surface area contributed by atoms with Gasteiger partial charge in [0, 0.05) is 5.69 Å². The molecule has 2 rings (SSSR count). The lowest BCUT2D eigenvalue weighted by molar-refractivity contribution is -0.142. The van der Waals surface area contributed by atoms with Crippen molar-refractivity contribution in [3.05, 3.63) is 29.6 Å². The number of ether oxygens (including phenoxy) is 1. The van der Waals surface area contributed by atoms with Crippen LogP contribution < -0.4 is 5.32 Å². The SMILES string of the molecule is COC(=O)C1(Nc2cc(C)cc(F)c2)CC1. The Morgan fingerprint density at radius 1 is 1.44 bits per heavy atom. The Hall–Kier alpha value is -1.58. The lowest BCUT2D eigenvalue weighted by Gasteiger charge is -2.16. The molecule has 86 valence electrons. The van der Waals surface area contributed by atoms with Crippen molar-refractivity contribution < 1.29 is 13.9 Å². The quantitative estimate of drug-likeness (QED) is 0.799. The van der Waals surface area contributed by atoms with Crippen LogP contribution in [-0.2, 0) is 9.53 Å². The first kappa shape index (κ1) is 10.9. The molecule has 0 aromatic heterocycles. The van der Waals surface area contributed by atoms with Crippen LogP contribution in [-0.4, -0.2) is 18.6 Å². The zero-order chi connectivity index (χ0) is 11.8. The van der Waals surface area contributed by atoms with E-state index in [0.29, 0.717) is 5.69 Å². The summed E-state index contributed by atoms with van der Waals surface area (Å²) in [6, 6.07) is 4.64. The molecule has 1 fully saturated rings. The maximum absolute atomic E-state index is 13.2. The molecule has 1 aromatic rings. The van der Waals surface area contributed by atoms with Crippen LogP contribution in [0.4, 0.5) is 10.1 Å². The van der Waals surface area contributed by atoms with Gasteiger partial charge in [0.15, 0.2) is 0 Å². The van der Waals surface area contributed by atoms with E-state index in [2.05, 4.69) is 5.32 Å². The van der Waals surface area contributed by atoms with E-state index >= 15 is 0 Å². The highest BCUT2D eigenvalue weighted by atomic mass is 19.1. The minimum absolute atomic E-state index is 0.283. The van der Waals surface area contributed by atoms with Crippen molar-refractivity contribution in [1.82, 2.24) is 0 Å². The van der Waals surface area contributed by atoms with Crippen LogP contribution in [0.3, 0.4) is 0 Å². The molecule has 3 nitrogen and oxygen atoms in total. The average molecular weight is 223 g/mol. The molecular weight excluding hydrogens is 209 g/mol. The van der Waals surface area contributed by atoms with E-state index in [1.165, 1.54) is 19.2 Å². The van der Waals surface area contributed by atoms with E-state index in [0.717, 1.165) is 18.4 Å². The van der Waals surface area contributed by atoms with Crippen molar-refractivity contribution in [3.8, 4) is 0 Å². The van der Waals surface area contributed by atoms with Gasteiger partial charge >= 0.3 is 5.97 Å². The van der Waals surface area contributed by atoms with Gasteiger partial charge in [0.1, 0.15) is 11.4 Å². The van der Waals surface area contributed by atoms with Crippen LogP contribution in [0.2, 0.25) is 0 Å². The zero-order valence-corrected chi connectivity index (χ0v) is 9.34. The summed E-state index contributed by atoms with van der Waals surface area (Å²) in [5, 5.41) is 3.05. The normalized spacial score (nSPS) is 16.7. The van der Waals surface area contributed by atoms with Crippen molar-refractivity contribution >= 4 is 11.7 Å². The molecule has 0 saturated heterocycles. The fourth-order valence-corrected chi connectivity index (χ4v) is 1.79. The third-order valence-electron chi connectivity index (χ3n) is 2.75. The smallest absolute Gasteiger partial charge is 0.331 e. The number of carbonyl (C=O) groups excluding carboxylic acids is 1. The standard InChI is InChI=1S/C12H14FNO2/c1-8-5-9(13)7-10(6-8)14-12(3-4-12)11(15)16-2/h5-7,14H,3-4H2,1-2H3. The van der Waals surface area contributed by atoms with Crippen LogP contribution in [0, 0.1) is 12.7 Å². The molecule has 1 aliphatic rings. The largest absolute Gasteiger partial charge is 0.467 e. The van der Waals surface area contributed by atoms with Gasteiger partial charge in [0.25, 0.3) is 0 Å². The molecule has 0 amide bonds. The molecule has 4 heteroatoms. The Bertz CT molecular complexity index is 407. The highest BCUT2D eigenvalue weighted by molar-refractivity contribution is 5.88. The summed E-state index contributed by atoms with van der Waals surface area (Å²) in [5.74, 6) is -0.586. The topological polar surface area (TPSA) is 38.3 Å². The molecule has 1 saturated carbocycles. The maximum atomic E-state index is 13.2. The number of hydrogen-bond donors (Lipinski definition) is 1. The molecule has 16 heavy (non-hydrogen) atoms. The molecular formula is C12H14FNO2. The van der Waals surface area contributed by atoms with E-state index in [9.17, 15) is 9.18 Å². The van der Waals surface area contributed by atoms with Crippen LogP contribution in [0.25, 0.3) is 0 Å². The Balaban J connectivity index is 2.18. The van der Waals surface area contributed by atoms with Gasteiger partial charge in [-0.3, -0.25) is 0 Å². The Kier molecular flexibility index (Phi) is 2.58. The minimum atomic E-state index is -0.630. The van der Waals surface area contributed by atoms with Crippen LogP contribution in [0.5, 0.6) is 0 Å². The van der Waals surface area contributed by atoms with Gasteiger partial charge in [-0.1, -0.05) is 0 Å². The molecule has 0 atom stereocenters. The van der Waals surface area contributed by atoms with Crippen molar-refractivity contribution in [3.63, 3.8) is 0 Å². The second kappa shape index (κ2) is 3.77. The first-order chi connectivity index (χ1) is 7.55. The number of aryl methyl sites for hydroxylation is 1. The number of benzene rings is 1. The lowest BCUT2D eigenvalue weighted by Crippen LogP contribution is -2.32. The number of halogens is 1. The minimum Gasteiger partial charge on any atom is -0.467 e. The zero-order valence-electron chi connectivity index (χ0n) is 9.34. The summed E-state index contributed by atoms with van der Waals surface area (Å²) in [6.07, 6.45) is 1.46. The fraction of sp³-hybridized carbons (Fsp3) is 0.417. The van der Waals surface area contributed by atoms with Gasteiger partial charge < -0.3 is 10.1 Å². The third kappa shape index (κ3) is 2.01. The number of anilines is 1. The summed E-state index contributed by atoms with van der Waals surface area (Å²) in [5.41, 5.74) is 0.818. The highest BCUT2D eigenvalue weighted by Gasteiger charge is 2.51. The van der Waals surface area contributed by atoms with Crippen molar-refractivity contribution in [2.45, 2.75) is 25.3 Å². The van der Waals surface area contributed by atoms with Crippen molar-refractivity contribution in [2.24, 2.45) is 0 Å². The van der Waals surface area contributed by atoms with Crippen LogP contribution in [0.15, 0.2) is 18.2 Å². The third-order valence-corrected chi connectivity index (χ3v) is 2.75. The molecule has 1 N–H and O–H groups in total. The monoisotopic (exact) mass is 223 g/mol. The van der Waals surface area contributed by atoms with E-state index in [1.54, 1.807) is 0 Å². The van der Waals surface area contributed by atoms with Gasteiger partial charge in [-0.2, -0.15) is 0 Å².